The summed E-state index contributed by atoms with van der Waals surface area (Å²) in [6.45, 7) is 3.72. The van der Waals surface area contributed by atoms with Gasteiger partial charge in [0.2, 0.25) is 0 Å². The molecule has 0 amide bonds. The van der Waals surface area contributed by atoms with Crippen LogP contribution in [0.4, 0.5) is 0 Å². The fourth-order valence-electron chi connectivity index (χ4n) is 2.46. The van der Waals surface area contributed by atoms with Gasteiger partial charge >= 0.3 is 0 Å². The van der Waals surface area contributed by atoms with Gasteiger partial charge in [0.05, 0.1) is 11.8 Å². The number of aliphatic hydroxyl groups excluding tert-OH is 1. The first-order chi connectivity index (χ1) is 9.11. The minimum absolute atomic E-state index is 0.166. The Balaban J connectivity index is 2.25. The molecule has 0 radical (unpaired) electrons. The molecule has 4 nitrogen and oxygen atoms in total. The topological polar surface area (TPSA) is 62.1 Å². The number of aliphatic hydroxyl groups is 1. The lowest BCUT2D eigenvalue weighted by Gasteiger charge is -2.29. The molecule has 19 heavy (non-hydrogen) atoms. The third kappa shape index (κ3) is 3.26. The Morgan fingerprint density at radius 2 is 2.05 bits per heavy atom. The monoisotopic (exact) mass is 263 g/mol. The number of benzene rings is 1. The third-order valence-electron chi connectivity index (χ3n) is 3.62. The zero-order chi connectivity index (χ0) is 13.8. The number of aryl methyl sites for hydroxylation is 1. The lowest BCUT2D eigenvalue weighted by molar-refractivity contribution is 0.00675. The quantitative estimate of drug-likeness (QED) is 0.501. The van der Waals surface area contributed by atoms with Gasteiger partial charge in [-0.25, -0.2) is 0 Å². The highest BCUT2D eigenvalue weighted by molar-refractivity contribution is 6.00. The molecular formula is C15H21NO3. The van der Waals surface area contributed by atoms with Crippen LogP contribution < -0.4 is 4.74 Å². The summed E-state index contributed by atoms with van der Waals surface area (Å²) >= 11 is 0. The van der Waals surface area contributed by atoms with Crippen molar-refractivity contribution >= 4 is 5.71 Å². The number of rotatable bonds is 3. The van der Waals surface area contributed by atoms with Crippen LogP contribution >= 0.6 is 0 Å². The van der Waals surface area contributed by atoms with E-state index in [2.05, 4.69) is 5.16 Å². The molecule has 0 aliphatic heterocycles. The van der Waals surface area contributed by atoms with Crippen molar-refractivity contribution in [3.8, 4) is 5.75 Å². The molecule has 2 unspecified atom stereocenters. The van der Waals surface area contributed by atoms with Crippen LogP contribution in [0, 0.1) is 6.92 Å². The Morgan fingerprint density at radius 3 is 2.74 bits per heavy atom. The molecule has 0 spiro atoms. The Kier molecular flexibility index (Phi) is 4.43. The summed E-state index contributed by atoms with van der Waals surface area (Å²) in [7, 11) is 0. The Morgan fingerprint density at radius 1 is 1.32 bits per heavy atom. The number of hydrogen-bond donors (Lipinski definition) is 2. The zero-order valence-corrected chi connectivity index (χ0v) is 11.5. The van der Waals surface area contributed by atoms with Gasteiger partial charge in [-0.05, 0) is 50.8 Å². The summed E-state index contributed by atoms with van der Waals surface area (Å²) in [6.07, 6.45) is 3.21. The highest BCUT2D eigenvalue weighted by Crippen LogP contribution is 2.27. The van der Waals surface area contributed by atoms with Crippen molar-refractivity contribution in [1.82, 2.24) is 0 Å². The molecule has 1 aliphatic rings. The second kappa shape index (κ2) is 6.06. The van der Waals surface area contributed by atoms with E-state index >= 15 is 0 Å². The standard InChI is InChI=1S/C15H21NO3/c1-10-7-8-12(11(2)16-18)15(9-10)19-14-6-4-3-5-13(14)17/h7-9,13-14,17-18H,3-6H2,1-2H3/b16-11-. The van der Waals surface area contributed by atoms with Crippen molar-refractivity contribution in [3.05, 3.63) is 29.3 Å². The van der Waals surface area contributed by atoms with Crippen LogP contribution in [0.3, 0.4) is 0 Å². The molecule has 1 saturated carbocycles. The molecule has 1 aromatic carbocycles. The SMILES string of the molecule is C/C(=N/O)c1ccc(C)cc1OC1CCCCC1O. The van der Waals surface area contributed by atoms with E-state index in [0.29, 0.717) is 11.5 Å². The van der Waals surface area contributed by atoms with Gasteiger partial charge in [-0.1, -0.05) is 17.6 Å². The normalized spacial score (nSPS) is 24.3. The van der Waals surface area contributed by atoms with Crippen molar-refractivity contribution in [2.75, 3.05) is 0 Å². The van der Waals surface area contributed by atoms with E-state index < -0.39 is 6.10 Å². The van der Waals surface area contributed by atoms with E-state index in [1.54, 1.807) is 6.92 Å². The molecular weight excluding hydrogens is 242 g/mol. The van der Waals surface area contributed by atoms with Gasteiger partial charge in [0.15, 0.2) is 0 Å². The second-order valence-electron chi connectivity index (χ2n) is 5.19. The fraction of sp³-hybridized carbons (Fsp3) is 0.533. The number of nitrogens with zero attached hydrogens (tertiary/aromatic N) is 1. The van der Waals surface area contributed by atoms with Crippen LogP contribution in [0.5, 0.6) is 5.75 Å². The van der Waals surface area contributed by atoms with E-state index in [1.807, 2.05) is 25.1 Å². The average Bonchev–Trinajstić information content (AvgIpc) is 2.41. The molecule has 0 heterocycles. The minimum Gasteiger partial charge on any atom is -0.487 e. The fourth-order valence-corrected chi connectivity index (χ4v) is 2.46. The molecule has 104 valence electrons. The maximum Gasteiger partial charge on any atom is 0.129 e. The molecule has 0 aromatic heterocycles. The van der Waals surface area contributed by atoms with Crippen LogP contribution in [0.2, 0.25) is 0 Å². The molecule has 0 bridgehead atoms. The maximum atomic E-state index is 9.98. The lowest BCUT2D eigenvalue weighted by atomic mass is 9.94. The maximum absolute atomic E-state index is 9.98. The number of ether oxygens (including phenoxy) is 1. The van der Waals surface area contributed by atoms with Gasteiger partial charge in [-0.2, -0.15) is 0 Å². The molecule has 2 N–H and O–H groups in total. The smallest absolute Gasteiger partial charge is 0.129 e. The molecule has 2 atom stereocenters. The van der Waals surface area contributed by atoms with Crippen LogP contribution in [0.25, 0.3) is 0 Å². The van der Waals surface area contributed by atoms with Crippen LogP contribution in [-0.4, -0.2) is 28.2 Å². The van der Waals surface area contributed by atoms with E-state index in [1.165, 1.54) is 0 Å². The van der Waals surface area contributed by atoms with Crippen LogP contribution in [-0.2, 0) is 0 Å². The van der Waals surface area contributed by atoms with Gasteiger partial charge in [0.25, 0.3) is 0 Å². The molecule has 1 aliphatic carbocycles. The Bertz CT molecular complexity index is 470. The summed E-state index contributed by atoms with van der Waals surface area (Å²) in [5.74, 6) is 0.682. The van der Waals surface area contributed by atoms with Crippen molar-refractivity contribution in [1.29, 1.82) is 0 Å². The first-order valence-electron chi connectivity index (χ1n) is 6.76. The molecule has 2 rings (SSSR count). The first-order valence-corrected chi connectivity index (χ1v) is 6.76. The Labute approximate surface area is 113 Å². The summed E-state index contributed by atoms with van der Waals surface area (Å²) in [4.78, 5) is 0. The summed E-state index contributed by atoms with van der Waals surface area (Å²) in [5, 5.41) is 22.1. The van der Waals surface area contributed by atoms with Gasteiger partial charge in [0, 0.05) is 5.56 Å². The second-order valence-corrected chi connectivity index (χ2v) is 5.19. The van der Waals surface area contributed by atoms with Gasteiger partial charge in [-0.3, -0.25) is 0 Å². The van der Waals surface area contributed by atoms with Gasteiger partial charge in [-0.15, -0.1) is 0 Å². The van der Waals surface area contributed by atoms with Crippen LogP contribution in [0.1, 0.15) is 43.7 Å². The zero-order valence-electron chi connectivity index (χ0n) is 11.5. The third-order valence-corrected chi connectivity index (χ3v) is 3.62. The van der Waals surface area contributed by atoms with Crippen LogP contribution in [0.15, 0.2) is 23.4 Å². The van der Waals surface area contributed by atoms with E-state index in [4.69, 9.17) is 9.94 Å². The predicted molar refractivity (Wildman–Crippen MR) is 74.1 cm³/mol. The molecule has 0 saturated heterocycles. The van der Waals surface area contributed by atoms with Gasteiger partial charge < -0.3 is 15.1 Å². The molecule has 4 heteroatoms. The van der Waals surface area contributed by atoms with E-state index in [-0.39, 0.29) is 6.10 Å². The van der Waals surface area contributed by atoms with Crippen molar-refractivity contribution in [2.24, 2.45) is 5.16 Å². The predicted octanol–water partition coefficient (Wildman–Crippen LogP) is 2.88. The van der Waals surface area contributed by atoms with E-state index in [0.717, 1.165) is 36.8 Å². The van der Waals surface area contributed by atoms with Crippen molar-refractivity contribution in [3.63, 3.8) is 0 Å². The summed E-state index contributed by atoms with van der Waals surface area (Å²) in [6, 6.07) is 5.76. The summed E-state index contributed by atoms with van der Waals surface area (Å²) < 4.78 is 5.96. The van der Waals surface area contributed by atoms with Crippen molar-refractivity contribution in [2.45, 2.75) is 51.7 Å². The average molecular weight is 263 g/mol. The van der Waals surface area contributed by atoms with Gasteiger partial charge in [0.1, 0.15) is 11.9 Å². The largest absolute Gasteiger partial charge is 0.487 e. The lowest BCUT2D eigenvalue weighted by Crippen LogP contribution is -2.35. The first kappa shape index (κ1) is 13.9. The van der Waals surface area contributed by atoms with Crippen molar-refractivity contribution < 1.29 is 15.1 Å². The minimum atomic E-state index is -0.409. The highest BCUT2D eigenvalue weighted by atomic mass is 16.5. The molecule has 1 aromatic rings. The summed E-state index contributed by atoms with van der Waals surface area (Å²) in [5.41, 5.74) is 2.36. The molecule has 1 fully saturated rings. The van der Waals surface area contributed by atoms with E-state index in [9.17, 15) is 5.11 Å². The Hall–Kier alpha value is -1.55. The number of hydrogen-bond acceptors (Lipinski definition) is 4. The number of oxime groups is 1. The highest BCUT2D eigenvalue weighted by Gasteiger charge is 2.25.